The van der Waals surface area contributed by atoms with Gasteiger partial charge in [-0.05, 0) is 55.0 Å². The Morgan fingerprint density at radius 3 is 2.46 bits per heavy atom. The number of benzene rings is 2. The molecule has 0 saturated carbocycles. The van der Waals surface area contributed by atoms with Gasteiger partial charge in [0.1, 0.15) is 29.4 Å². The Morgan fingerprint density at radius 2 is 1.85 bits per heavy atom. The lowest BCUT2D eigenvalue weighted by Crippen LogP contribution is -2.52. The number of nitrogens with one attached hydrogen (secondary N) is 1. The second-order valence-corrected chi connectivity index (χ2v) is 11.2. The van der Waals surface area contributed by atoms with E-state index in [1.807, 2.05) is 5.32 Å². The maximum absolute atomic E-state index is 14.7. The highest BCUT2D eigenvalue weighted by Gasteiger charge is 2.60. The van der Waals surface area contributed by atoms with Crippen molar-refractivity contribution in [2.75, 3.05) is 13.2 Å². The summed E-state index contributed by atoms with van der Waals surface area (Å²) in [4.78, 5) is 33.3. The van der Waals surface area contributed by atoms with Crippen LogP contribution in [0.1, 0.15) is 27.2 Å². The van der Waals surface area contributed by atoms with E-state index in [9.17, 15) is 49.8 Å². The zero-order chi connectivity index (χ0) is 35.3. The number of carbonyl (C=O) groups excluding carboxylic acids is 2. The van der Waals surface area contributed by atoms with Gasteiger partial charge in [-0.2, -0.15) is 22.0 Å². The Morgan fingerprint density at radius 1 is 1.15 bits per heavy atom. The van der Waals surface area contributed by atoms with Crippen LogP contribution in [0.2, 0.25) is 5.02 Å². The van der Waals surface area contributed by atoms with Crippen molar-refractivity contribution < 1.29 is 59.3 Å². The minimum absolute atomic E-state index is 0.0841. The van der Waals surface area contributed by atoms with E-state index in [4.69, 9.17) is 22.1 Å². The number of carbonyl (C=O) groups is 2. The molecule has 48 heavy (non-hydrogen) atoms. The number of amides is 2. The quantitative estimate of drug-likeness (QED) is 0.194. The lowest BCUT2D eigenvalue weighted by molar-refractivity contribution is -0.265. The van der Waals surface area contributed by atoms with Gasteiger partial charge in [0.25, 0.3) is 12.3 Å². The van der Waals surface area contributed by atoms with E-state index in [-0.39, 0.29) is 16.5 Å². The molecule has 2 aromatic heterocycles. The highest BCUT2D eigenvalue weighted by molar-refractivity contribution is 6.31. The number of ether oxygens (including phenoxy) is 2. The fourth-order valence-corrected chi connectivity index (χ4v) is 5.29. The van der Waals surface area contributed by atoms with Gasteiger partial charge in [-0.1, -0.05) is 11.6 Å². The normalized spacial score (nSPS) is 17.3. The van der Waals surface area contributed by atoms with Gasteiger partial charge < -0.3 is 25.6 Å². The number of pyridine rings is 2. The lowest BCUT2D eigenvalue weighted by Gasteiger charge is -2.32. The summed E-state index contributed by atoms with van der Waals surface area (Å²) in [6, 6.07) is 6.38. The second-order valence-electron chi connectivity index (χ2n) is 10.8. The molecule has 4 aromatic rings. The van der Waals surface area contributed by atoms with Crippen LogP contribution in [0.25, 0.3) is 22.2 Å². The minimum atomic E-state index is -5.69. The van der Waals surface area contributed by atoms with Crippen molar-refractivity contribution in [3.05, 3.63) is 81.9 Å². The summed E-state index contributed by atoms with van der Waals surface area (Å²) >= 11 is 5.83. The number of halogens is 9. The standard InChI is InChI=1S/C30H21ClF8N4O5/c1-12-4-14-5-15(7-19(48-27(35)36)21(14)41-9-12)24(44)42-10-29(46,30(37,38)39)20-8-16-23(47-11-28(16,25(33)34)26(40)45)22(43-20)13-2-3-18(32)17(31)6-13/h2-9,25,27,46H,10-11H2,1H3,(H2,40,45)(H,42,44)/t28-,29?/m1/s1. The van der Waals surface area contributed by atoms with Crippen molar-refractivity contribution in [3.8, 4) is 22.8 Å². The number of aromatic nitrogens is 2. The largest absolute Gasteiger partial charge is 0.489 e. The Hall–Kier alpha value is -4.77. The van der Waals surface area contributed by atoms with Crippen LogP contribution in [0.15, 0.2) is 48.7 Å². The summed E-state index contributed by atoms with van der Waals surface area (Å²) in [5, 5.41) is 12.6. The van der Waals surface area contributed by atoms with E-state index in [0.29, 0.717) is 11.6 Å². The summed E-state index contributed by atoms with van der Waals surface area (Å²) in [5.41, 5.74) is -5.04. The summed E-state index contributed by atoms with van der Waals surface area (Å²) in [6.45, 7) is -4.59. The molecule has 5 rings (SSSR count). The molecule has 1 aliphatic rings. The smallest absolute Gasteiger partial charge is 0.424 e. The molecular weight excluding hydrogens is 684 g/mol. The molecule has 1 unspecified atom stereocenters. The highest BCUT2D eigenvalue weighted by atomic mass is 35.5. The first kappa shape index (κ1) is 34.6. The van der Waals surface area contributed by atoms with Gasteiger partial charge in [-0.3, -0.25) is 14.6 Å². The van der Waals surface area contributed by atoms with Gasteiger partial charge in [-0.25, -0.2) is 18.2 Å². The Kier molecular flexibility index (Phi) is 8.90. The van der Waals surface area contributed by atoms with E-state index < -0.39 is 100 Å². The van der Waals surface area contributed by atoms with Gasteiger partial charge in [0, 0.05) is 28.3 Å². The van der Waals surface area contributed by atoms with Crippen molar-refractivity contribution in [3.63, 3.8) is 0 Å². The van der Waals surface area contributed by atoms with Crippen LogP contribution in [0.4, 0.5) is 35.1 Å². The first-order chi connectivity index (χ1) is 22.4. The summed E-state index contributed by atoms with van der Waals surface area (Å²) in [5.74, 6) is -5.13. The zero-order valence-corrected chi connectivity index (χ0v) is 24.9. The molecular formula is C30H21ClF8N4O5. The number of rotatable bonds is 9. The average Bonchev–Trinajstić information content (AvgIpc) is 3.40. The number of hydrogen-bond acceptors (Lipinski definition) is 7. The Labute approximate surface area is 269 Å². The summed E-state index contributed by atoms with van der Waals surface area (Å²) in [6.07, 6.45) is -7.98. The van der Waals surface area contributed by atoms with Crippen LogP contribution in [0, 0.1) is 12.7 Å². The molecule has 0 fully saturated rings. The molecule has 2 atom stereocenters. The fraction of sp³-hybridized carbons (Fsp3) is 0.267. The van der Waals surface area contributed by atoms with Crippen LogP contribution in [0.3, 0.4) is 0 Å². The number of aliphatic hydroxyl groups is 1. The molecule has 254 valence electrons. The molecule has 0 radical (unpaired) electrons. The van der Waals surface area contributed by atoms with Crippen molar-refractivity contribution in [1.82, 2.24) is 15.3 Å². The Bertz CT molecular complexity index is 1950. The molecule has 0 bridgehead atoms. The number of fused-ring (bicyclic) bond motifs is 2. The molecule has 0 aliphatic carbocycles. The molecule has 1 aliphatic heterocycles. The molecule has 9 nitrogen and oxygen atoms in total. The number of nitrogens with two attached hydrogens (primary N) is 1. The van der Waals surface area contributed by atoms with E-state index in [2.05, 4.69) is 14.7 Å². The second kappa shape index (κ2) is 12.4. The summed E-state index contributed by atoms with van der Waals surface area (Å²) in [7, 11) is 0. The van der Waals surface area contributed by atoms with Gasteiger partial charge in [0.2, 0.25) is 11.5 Å². The van der Waals surface area contributed by atoms with Crippen LogP contribution in [-0.2, 0) is 15.8 Å². The summed E-state index contributed by atoms with van der Waals surface area (Å²) < 4.78 is 123. The SMILES string of the molecule is Cc1cnc2c(OC(F)F)cc(C(=O)NCC(O)(c3cc4c(c(-c5ccc(F)c(Cl)c5)n3)OC[C@]4(C(N)=O)C(F)F)C(F)(F)F)cc2c1. The predicted octanol–water partition coefficient (Wildman–Crippen LogP) is 5.56. The lowest BCUT2D eigenvalue weighted by atomic mass is 9.80. The number of primary amides is 1. The Balaban J connectivity index is 1.63. The van der Waals surface area contributed by atoms with Gasteiger partial charge in [-0.15, -0.1) is 0 Å². The topological polar surface area (TPSA) is 137 Å². The number of aryl methyl sites for hydroxylation is 1. The van der Waals surface area contributed by atoms with Gasteiger partial charge in [0.15, 0.2) is 11.2 Å². The van der Waals surface area contributed by atoms with Crippen LogP contribution in [-0.4, -0.2) is 59.3 Å². The van der Waals surface area contributed by atoms with E-state index in [1.54, 1.807) is 6.92 Å². The first-order valence-corrected chi connectivity index (χ1v) is 13.9. The maximum atomic E-state index is 14.7. The van der Waals surface area contributed by atoms with E-state index >= 15 is 0 Å². The number of hydrogen-bond donors (Lipinski definition) is 3. The molecule has 4 N–H and O–H groups in total. The molecule has 0 spiro atoms. The highest BCUT2D eigenvalue weighted by Crippen LogP contribution is 2.50. The number of nitrogens with zero attached hydrogens (tertiary/aromatic N) is 2. The third-order valence-corrected chi connectivity index (χ3v) is 7.95. The van der Waals surface area contributed by atoms with E-state index in [1.165, 1.54) is 12.3 Å². The van der Waals surface area contributed by atoms with E-state index in [0.717, 1.165) is 30.3 Å². The number of alkyl halides is 7. The molecule has 2 aromatic carbocycles. The fourth-order valence-electron chi connectivity index (χ4n) is 5.11. The predicted molar refractivity (Wildman–Crippen MR) is 152 cm³/mol. The van der Waals surface area contributed by atoms with Crippen LogP contribution >= 0.6 is 11.6 Å². The monoisotopic (exact) mass is 704 g/mol. The molecule has 18 heteroatoms. The van der Waals surface area contributed by atoms with Crippen LogP contribution in [0.5, 0.6) is 11.5 Å². The van der Waals surface area contributed by atoms with Crippen molar-refractivity contribution >= 4 is 34.3 Å². The van der Waals surface area contributed by atoms with Crippen molar-refractivity contribution in [2.45, 2.75) is 37.2 Å². The van der Waals surface area contributed by atoms with Crippen LogP contribution < -0.4 is 20.5 Å². The molecule has 0 saturated heterocycles. The maximum Gasteiger partial charge on any atom is 0.424 e. The first-order valence-electron chi connectivity index (χ1n) is 13.5. The van der Waals surface area contributed by atoms with Gasteiger partial charge >= 0.3 is 12.8 Å². The van der Waals surface area contributed by atoms with Crippen molar-refractivity contribution in [2.24, 2.45) is 5.73 Å². The zero-order valence-electron chi connectivity index (χ0n) is 24.1. The third kappa shape index (κ3) is 5.91. The minimum Gasteiger partial charge on any atom is -0.489 e. The molecule has 3 heterocycles. The average molecular weight is 705 g/mol. The van der Waals surface area contributed by atoms with Crippen molar-refractivity contribution in [1.29, 1.82) is 0 Å². The third-order valence-electron chi connectivity index (χ3n) is 7.66. The molecule has 2 amide bonds. The van der Waals surface area contributed by atoms with Gasteiger partial charge in [0.05, 0.1) is 17.3 Å².